The quantitative estimate of drug-likeness (QED) is 0.387. The van der Waals surface area contributed by atoms with Crippen LogP contribution in [0.3, 0.4) is 0 Å². The molecule has 0 amide bonds. The molecular weight excluding hydrogens is 200 g/mol. The molecule has 0 aliphatic heterocycles. The molecule has 1 rings (SSSR count). The zero-order valence-electron chi connectivity index (χ0n) is 10.4. The van der Waals surface area contributed by atoms with Crippen molar-refractivity contribution in [3.8, 4) is 6.07 Å². The zero-order chi connectivity index (χ0) is 12.2. The standard InChI is InChI=1S/C13H20N2O/c1-12(2,3)11-5-4-7-13(9-14,8-6-11)15-10-16/h11H,4-8H2,1-3H3. The Bertz CT molecular complexity index is 331. The highest BCUT2D eigenvalue weighted by atomic mass is 16.1. The van der Waals surface area contributed by atoms with E-state index < -0.39 is 5.54 Å². The van der Waals surface area contributed by atoms with Crippen molar-refractivity contribution in [3.63, 3.8) is 0 Å². The summed E-state index contributed by atoms with van der Waals surface area (Å²) >= 11 is 0. The summed E-state index contributed by atoms with van der Waals surface area (Å²) < 4.78 is 0. The first-order chi connectivity index (χ1) is 7.43. The summed E-state index contributed by atoms with van der Waals surface area (Å²) in [5.41, 5.74) is -0.516. The van der Waals surface area contributed by atoms with E-state index in [1.165, 1.54) is 0 Å². The molecule has 1 aliphatic carbocycles. The maximum absolute atomic E-state index is 10.4. The van der Waals surface area contributed by atoms with E-state index in [9.17, 15) is 4.79 Å². The van der Waals surface area contributed by atoms with Crippen LogP contribution < -0.4 is 0 Å². The lowest BCUT2D eigenvalue weighted by atomic mass is 9.76. The van der Waals surface area contributed by atoms with Crippen LogP contribution in [0.15, 0.2) is 4.99 Å². The second-order valence-corrected chi connectivity index (χ2v) is 5.84. The first-order valence-electron chi connectivity index (χ1n) is 5.94. The van der Waals surface area contributed by atoms with Crippen LogP contribution in [-0.2, 0) is 4.79 Å². The fraction of sp³-hybridized carbons (Fsp3) is 0.846. The van der Waals surface area contributed by atoms with Gasteiger partial charge in [0.05, 0.1) is 6.07 Å². The third-order valence-electron chi connectivity index (χ3n) is 3.74. The molecule has 0 spiro atoms. The van der Waals surface area contributed by atoms with E-state index >= 15 is 0 Å². The minimum Gasteiger partial charge on any atom is -0.211 e. The van der Waals surface area contributed by atoms with Gasteiger partial charge in [-0.2, -0.15) is 10.3 Å². The lowest BCUT2D eigenvalue weighted by molar-refractivity contribution is 0.213. The third kappa shape index (κ3) is 2.93. The van der Waals surface area contributed by atoms with Gasteiger partial charge in [-0.3, -0.25) is 0 Å². The van der Waals surface area contributed by atoms with E-state index in [4.69, 9.17) is 5.26 Å². The first kappa shape index (κ1) is 12.9. The van der Waals surface area contributed by atoms with Crippen LogP contribution >= 0.6 is 0 Å². The van der Waals surface area contributed by atoms with Crippen LogP contribution in [0, 0.1) is 22.7 Å². The van der Waals surface area contributed by atoms with Gasteiger partial charge in [0.1, 0.15) is 0 Å². The number of aliphatic imine (C=N–C) groups is 1. The van der Waals surface area contributed by atoms with Gasteiger partial charge < -0.3 is 0 Å². The van der Waals surface area contributed by atoms with Gasteiger partial charge in [-0.1, -0.05) is 20.8 Å². The number of hydrogen-bond acceptors (Lipinski definition) is 3. The largest absolute Gasteiger partial charge is 0.236 e. The van der Waals surface area contributed by atoms with Crippen molar-refractivity contribution in [1.82, 2.24) is 0 Å². The number of hydrogen-bond donors (Lipinski definition) is 0. The Morgan fingerprint density at radius 2 is 2.00 bits per heavy atom. The normalized spacial score (nSPS) is 31.0. The van der Waals surface area contributed by atoms with Crippen molar-refractivity contribution in [2.24, 2.45) is 16.3 Å². The maximum Gasteiger partial charge on any atom is 0.236 e. The van der Waals surface area contributed by atoms with Crippen LogP contribution in [0.25, 0.3) is 0 Å². The van der Waals surface area contributed by atoms with Crippen molar-refractivity contribution in [2.45, 2.75) is 58.4 Å². The van der Waals surface area contributed by atoms with Crippen molar-refractivity contribution < 1.29 is 4.79 Å². The maximum atomic E-state index is 10.4. The average Bonchev–Trinajstić information content (AvgIpc) is 2.41. The van der Waals surface area contributed by atoms with Gasteiger partial charge in [-0.05, 0) is 43.4 Å². The first-order valence-corrected chi connectivity index (χ1v) is 5.94. The van der Waals surface area contributed by atoms with Gasteiger partial charge in [0.25, 0.3) is 0 Å². The van der Waals surface area contributed by atoms with Crippen LogP contribution in [0.5, 0.6) is 0 Å². The van der Waals surface area contributed by atoms with Crippen molar-refractivity contribution in [2.75, 3.05) is 0 Å². The lowest BCUT2D eigenvalue weighted by Crippen LogP contribution is -2.24. The molecule has 3 nitrogen and oxygen atoms in total. The Kier molecular flexibility index (Phi) is 3.88. The molecule has 0 radical (unpaired) electrons. The Balaban J connectivity index is 2.80. The number of rotatable bonds is 1. The second-order valence-electron chi connectivity index (χ2n) is 5.84. The summed E-state index contributed by atoms with van der Waals surface area (Å²) in [6.45, 7) is 6.71. The van der Waals surface area contributed by atoms with Crippen molar-refractivity contribution in [1.29, 1.82) is 5.26 Å². The van der Waals surface area contributed by atoms with Crippen molar-refractivity contribution >= 4 is 6.08 Å². The van der Waals surface area contributed by atoms with E-state index in [-0.39, 0.29) is 5.41 Å². The Hall–Kier alpha value is -1.13. The van der Waals surface area contributed by atoms with Crippen LogP contribution in [-0.4, -0.2) is 11.6 Å². The number of nitriles is 1. The molecule has 0 aromatic carbocycles. The molecule has 2 unspecified atom stereocenters. The zero-order valence-corrected chi connectivity index (χ0v) is 10.4. The summed E-state index contributed by atoms with van der Waals surface area (Å²) in [6.07, 6.45) is 6.03. The minimum atomic E-state index is -0.790. The molecule has 1 fully saturated rings. The molecule has 0 bridgehead atoms. The molecule has 0 heterocycles. The fourth-order valence-electron chi connectivity index (χ4n) is 2.53. The lowest BCUT2D eigenvalue weighted by Gasteiger charge is -2.29. The van der Waals surface area contributed by atoms with Gasteiger partial charge in [0, 0.05) is 0 Å². The van der Waals surface area contributed by atoms with E-state index in [1.54, 1.807) is 6.08 Å². The summed E-state index contributed by atoms with van der Waals surface area (Å²) in [6, 6.07) is 2.20. The number of isocyanates is 1. The second kappa shape index (κ2) is 4.80. The summed E-state index contributed by atoms with van der Waals surface area (Å²) in [4.78, 5) is 14.1. The summed E-state index contributed by atoms with van der Waals surface area (Å²) in [5.74, 6) is 0.615. The molecule has 0 aromatic rings. The Labute approximate surface area is 97.6 Å². The summed E-state index contributed by atoms with van der Waals surface area (Å²) in [5, 5.41) is 9.16. The van der Waals surface area contributed by atoms with Crippen LogP contribution in [0.1, 0.15) is 52.9 Å². The molecule has 16 heavy (non-hydrogen) atoms. The minimum absolute atomic E-state index is 0.274. The van der Waals surface area contributed by atoms with Gasteiger partial charge in [-0.15, -0.1) is 0 Å². The average molecular weight is 220 g/mol. The van der Waals surface area contributed by atoms with E-state index in [1.807, 2.05) is 0 Å². The van der Waals surface area contributed by atoms with Crippen molar-refractivity contribution in [3.05, 3.63) is 0 Å². The highest BCUT2D eigenvalue weighted by Crippen LogP contribution is 2.40. The van der Waals surface area contributed by atoms with Gasteiger partial charge in [-0.25, -0.2) is 4.79 Å². The Morgan fingerprint density at radius 1 is 1.31 bits per heavy atom. The fourth-order valence-corrected chi connectivity index (χ4v) is 2.53. The predicted octanol–water partition coefficient (Wildman–Crippen LogP) is 3.21. The molecule has 0 saturated heterocycles. The molecule has 2 atom stereocenters. The van der Waals surface area contributed by atoms with Crippen LogP contribution in [0.4, 0.5) is 0 Å². The van der Waals surface area contributed by atoms with Gasteiger partial charge >= 0.3 is 0 Å². The predicted molar refractivity (Wildman–Crippen MR) is 62.5 cm³/mol. The van der Waals surface area contributed by atoms with Gasteiger partial charge in [0.15, 0.2) is 5.54 Å². The molecular formula is C13H20N2O. The molecule has 1 saturated carbocycles. The topological polar surface area (TPSA) is 53.2 Å². The monoisotopic (exact) mass is 220 g/mol. The highest BCUT2D eigenvalue weighted by molar-refractivity contribution is 5.37. The Morgan fingerprint density at radius 3 is 2.50 bits per heavy atom. The molecule has 3 heteroatoms. The van der Waals surface area contributed by atoms with Gasteiger partial charge in [0.2, 0.25) is 6.08 Å². The van der Waals surface area contributed by atoms with Crippen LogP contribution in [0.2, 0.25) is 0 Å². The molecule has 0 N–H and O–H groups in total. The molecule has 0 aromatic heterocycles. The van der Waals surface area contributed by atoms with E-state index in [0.29, 0.717) is 18.8 Å². The molecule has 1 aliphatic rings. The van der Waals surface area contributed by atoms with E-state index in [0.717, 1.165) is 19.3 Å². The highest BCUT2D eigenvalue weighted by Gasteiger charge is 2.36. The van der Waals surface area contributed by atoms with E-state index in [2.05, 4.69) is 31.8 Å². The molecule has 88 valence electrons. The SMILES string of the molecule is CC(C)(C)C1CCCC(C#N)(N=C=O)CC1. The smallest absolute Gasteiger partial charge is 0.211 e. The third-order valence-corrected chi connectivity index (χ3v) is 3.74. The summed E-state index contributed by atoms with van der Waals surface area (Å²) in [7, 11) is 0. The number of nitrogens with zero attached hydrogens (tertiary/aromatic N) is 2. The number of carbonyl (C=O) groups excluding carboxylic acids is 1.